The molecule has 0 aliphatic heterocycles. The van der Waals surface area contributed by atoms with E-state index in [9.17, 15) is 10.2 Å². The van der Waals surface area contributed by atoms with E-state index >= 15 is 0 Å². The quantitative estimate of drug-likeness (QED) is 0.565. The average Bonchev–Trinajstić information content (AvgIpc) is 2.33. The maximum atomic E-state index is 9.53. The maximum Gasteiger partial charge on any atom is 0.197 e. The Morgan fingerprint density at radius 2 is 1.50 bits per heavy atom. The predicted octanol–water partition coefficient (Wildman–Crippen LogP) is 1.09. The molecule has 3 nitrogen and oxygen atoms in total. The zero-order valence-electron chi connectivity index (χ0n) is 6.91. The van der Waals surface area contributed by atoms with Crippen molar-refractivity contribution in [1.29, 1.82) is 0 Å². The van der Waals surface area contributed by atoms with Gasteiger partial charge < -0.3 is 10.2 Å². The first-order valence-electron chi connectivity index (χ1n) is 3.95. The summed E-state index contributed by atoms with van der Waals surface area (Å²) in [6.07, 6.45) is 5.44. The Bertz CT molecular complexity index is 318. The maximum absolute atomic E-state index is 9.53. The van der Waals surface area contributed by atoms with Gasteiger partial charge in [0, 0.05) is 18.2 Å². The van der Waals surface area contributed by atoms with Crippen LogP contribution >= 0.6 is 0 Å². The molecule has 3 heteroatoms. The fourth-order valence-corrected chi connectivity index (χ4v) is 1.61. The minimum Gasteiger partial charge on any atom is -0.494 e. The van der Waals surface area contributed by atoms with Crippen LogP contribution in [-0.2, 0) is 19.9 Å². The molecule has 0 saturated carbocycles. The minimum atomic E-state index is 0.187. The van der Waals surface area contributed by atoms with E-state index in [1.165, 1.54) is 4.57 Å². The molecular weight excluding hydrogens is 154 g/mol. The average molecular weight is 165 g/mol. The number of aromatic hydroxyl groups is 2. The second-order valence-electron chi connectivity index (χ2n) is 3.04. The zero-order valence-corrected chi connectivity index (χ0v) is 6.91. The molecule has 64 valence electrons. The molecule has 0 radical (unpaired) electrons. The van der Waals surface area contributed by atoms with Gasteiger partial charge in [0.1, 0.15) is 0 Å². The summed E-state index contributed by atoms with van der Waals surface area (Å²) < 4.78 is 1.41. The summed E-state index contributed by atoms with van der Waals surface area (Å²) in [5, 5.41) is 19.1. The summed E-state index contributed by atoms with van der Waals surface area (Å²) >= 11 is 0. The van der Waals surface area contributed by atoms with Crippen LogP contribution < -0.4 is 0 Å². The largest absolute Gasteiger partial charge is 0.494 e. The van der Waals surface area contributed by atoms with E-state index in [0.29, 0.717) is 0 Å². The van der Waals surface area contributed by atoms with E-state index in [2.05, 4.69) is 0 Å². The molecule has 0 unspecified atom stereocenters. The van der Waals surface area contributed by atoms with Crippen molar-refractivity contribution in [1.82, 2.24) is 4.57 Å². The highest BCUT2D eigenvalue weighted by atomic mass is 16.3. The van der Waals surface area contributed by atoms with E-state index in [1.807, 2.05) is 12.2 Å². The summed E-state index contributed by atoms with van der Waals surface area (Å²) in [6, 6.07) is 0. The first-order chi connectivity index (χ1) is 5.72. The molecule has 0 amide bonds. The molecule has 1 aromatic rings. The molecule has 0 spiro atoms. The molecule has 0 atom stereocenters. The third-order valence-electron chi connectivity index (χ3n) is 2.35. The van der Waals surface area contributed by atoms with Crippen LogP contribution in [0, 0.1) is 0 Å². The Hall–Kier alpha value is -1.38. The van der Waals surface area contributed by atoms with Gasteiger partial charge in [0.15, 0.2) is 11.8 Å². The highest BCUT2D eigenvalue weighted by molar-refractivity contribution is 5.48. The van der Waals surface area contributed by atoms with Crippen molar-refractivity contribution in [2.24, 2.45) is 7.05 Å². The summed E-state index contributed by atoms with van der Waals surface area (Å²) in [5.41, 5.74) is 1.72. The van der Waals surface area contributed by atoms with Crippen molar-refractivity contribution >= 4 is 0 Å². The van der Waals surface area contributed by atoms with Crippen LogP contribution in [0.25, 0.3) is 0 Å². The van der Waals surface area contributed by atoms with Crippen LogP contribution in [0.3, 0.4) is 0 Å². The number of hydrogen-bond acceptors (Lipinski definition) is 2. The van der Waals surface area contributed by atoms with Gasteiger partial charge in [-0.2, -0.15) is 0 Å². The molecule has 1 aromatic heterocycles. The lowest BCUT2D eigenvalue weighted by atomic mass is 10.0. The van der Waals surface area contributed by atoms with Crippen molar-refractivity contribution in [2.45, 2.75) is 12.8 Å². The lowest BCUT2D eigenvalue weighted by Gasteiger charge is -2.03. The first-order valence-corrected chi connectivity index (χ1v) is 3.95. The second kappa shape index (κ2) is 2.30. The molecular formula is C9H11NO2. The van der Waals surface area contributed by atoms with Crippen LogP contribution in [-0.4, -0.2) is 14.8 Å². The highest BCUT2D eigenvalue weighted by Crippen LogP contribution is 2.35. The molecule has 0 aromatic carbocycles. The molecule has 2 rings (SSSR count). The van der Waals surface area contributed by atoms with Gasteiger partial charge >= 0.3 is 0 Å². The summed E-state index contributed by atoms with van der Waals surface area (Å²) in [4.78, 5) is 0. The summed E-state index contributed by atoms with van der Waals surface area (Å²) in [7, 11) is 1.66. The molecule has 1 heterocycles. The fourth-order valence-electron chi connectivity index (χ4n) is 1.61. The van der Waals surface area contributed by atoms with E-state index in [4.69, 9.17) is 0 Å². The fraction of sp³-hybridized carbons (Fsp3) is 0.333. The van der Waals surface area contributed by atoms with E-state index in [1.54, 1.807) is 7.05 Å². The van der Waals surface area contributed by atoms with Gasteiger partial charge in [-0.1, -0.05) is 12.2 Å². The molecule has 1 aliphatic carbocycles. The van der Waals surface area contributed by atoms with Gasteiger partial charge in [-0.3, -0.25) is 4.57 Å². The lowest BCUT2D eigenvalue weighted by Crippen LogP contribution is -1.92. The highest BCUT2D eigenvalue weighted by Gasteiger charge is 2.19. The number of nitrogens with zero attached hydrogens (tertiary/aromatic N) is 1. The van der Waals surface area contributed by atoms with Crippen molar-refractivity contribution in [3.8, 4) is 11.8 Å². The van der Waals surface area contributed by atoms with Gasteiger partial charge in [-0.05, 0) is 12.8 Å². The number of fused-ring (bicyclic) bond motifs is 1. The molecule has 2 N–H and O–H groups in total. The number of rotatable bonds is 0. The van der Waals surface area contributed by atoms with Gasteiger partial charge in [-0.25, -0.2) is 0 Å². The first kappa shape index (κ1) is 7.28. The Labute approximate surface area is 70.6 Å². The summed E-state index contributed by atoms with van der Waals surface area (Å²) in [6.45, 7) is 0. The Kier molecular flexibility index (Phi) is 1.40. The topological polar surface area (TPSA) is 45.4 Å². The van der Waals surface area contributed by atoms with Gasteiger partial charge in [0.25, 0.3) is 0 Å². The van der Waals surface area contributed by atoms with E-state index < -0.39 is 0 Å². The standard InChI is InChI=1S/C9H11NO2/c1-10-8(11)6-4-2-3-5-7(6)9(10)12/h2-3,11-12H,4-5H2,1H3. The molecule has 0 saturated heterocycles. The van der Waals surface area contributed by atoms with Gasteiger partial charge in [0.2, 0.25) is 0 Å². The van der Waals surface area contributed by atoms with Crippen molar-refractivity contribution in [2.75, 3.05) is 0 Å². The number of hydrogen-bond donors (Lipinski definition) is 2. The Morgan fingerprint density at radius 1 is 1.08 bits per heavy atom. The number of allylic oxidation sites excluding steroid dienone is 2. The summed E-state index contributed by atoms with van der Waals surface area (Å²) in [5.74, 6) is 0.374. The minimum absolute atomic E-state index is 0.187. The Morgan fingerprint density at radius 3 is 1.92 bits per heavy atom. The van der Waals surface area contributed by atoms with E-state index in [0.717, 1.165) is 24.0 Å². The molecule has 1 aliphatic rings. The zero-order chi connectivity index (χ0) is 8.72. The van der Waals surface area contributed by atoms with Crippen LogP contribution in [0.1, 0.15) is 11.1 Å². The monoisotopic (exact) mass is 165 g/mol. The Balaban J connectivity index is 2.64. The molecule has 0 fully saturated rings. The van der Waals surface area contributed by atoms with Crippen LogP contribution in [0.15, 0.2) is 12.2 Å². The number of aromatic nitrogens is 1. The van der Waals surface area contributed by atoms with Crippen LogP contribution in [0.4, 0.5) is 0 Å². The van der Waals surface area contributed by atoms with Gasteiger partial charge in [0.05, 0.1) is 0 Å². The van der Waals surface area contributed by atoms with E-state index in [-0.39, 0.29) is 11.8 Å². The van der Waals surface area contributed by atoms with Crippen molar-refractivity contribution in [3.05, 3.63) is 23.3 Å². The lowest BCUT2D eigenvalue weighted by molar-refractivity contribution is 0.384. The van der Waals surface area contributed by atoms with Crippen molar-refractivity contribution < 1.29 is 10.2 Å². The SMILES string of the molecule is Cn1c(O)c2c(c1O)CC=CC2. The van der Waals surface area contributed by atoms with Crippen LogP contribution in [0.5, 0.6) is 11.8 Å². The smallest absolute Gasteiger partial charge is 0.197 e. The molecule has 12 heavy (non-hydrogen) atoms. The van der Waals surface area contributed by atoms with Crippen molar-refractivity contribution in [3.63, 3.8) is 0 Å². The normalized spacial score (nSPS) is 14.8. The third kappa shape index (κ3) is 0.763. The molecule has 0 bridgehead atoms. The van der Waals surface area contributed by atoms with Gasteiger partial charge in [-0.15, -0.1) is 0 Å². The van der Waals surface area contributed by atoms with Crippen LogP contribution in [0.2, 0.25) is 0 Å². The predicted molar refractivity (Wildman–Crippen MR) is 45.3 cm³/mol. The second-order valence-corrected chi connectivity index (χ2v) is 3.04. The third-order valence-corrected chi connectivity index (χ3v) is 2.35.